The topological polar surface area (TPSA) is 58.6 Å². The largest absolute Gasteiger partial charge is 0.444 e. The molecule has 3 rings (SSSR count). The van der Waals surface area contributed by atoms with Crippen LogP contribution in [0.25, 0.3) is 0 Å². The number of amides is 2. The van der Waals surface area contributed by atoms with Gasteiger partial charge in [0.1, 0.15) is 11.6 Å². The van der Waals surface area contributed by atoms with Crippen LogP contribution in [0.5, 0.6) is 0 Å². The zero-order valence-electron chi connectivity index (χ0n) is 17.8. The molecular weight excluding hydrogens is 409 g/mol. The van der Waals surface area contributed by atoms with E-state index in [0.29, 0.717) is 11.3 Å². The van der Waals surface area contributed by atoms with E-state index in [1.807, 2.05) is 12.1 Å². The molecule has 0 unspecified atom stereocenters. The van der Waals surface area contributed by atoms with Crippen LogP contribution >= 0.6 is 0 Å². The fourth-order valence-electron chi connectivity index (χ4n) is 3.60. The average molecular weight is 434 g/mol. The minimum Gasteiger partial charge on any atom is -0.444 e. The van der Waals surface area contributed by atoms with E-state index in [9.17, 15) is 22.8 Å². The molecule has 1 N–H and O–H groups in total. The Morgan fingerprint density at radius 2 is 1.81 bits per heavy atom. The molecular formula is C23H25F3N2O3. The number of benzene rings is 2. The third-order valence-electron chi connectivity index (χ3n) is 4.99. The highest BCUT2D eigenvalue weighted by Crippen LogP contribution is 2.37. The minimum absolute atomic E-state index is 0.264. The van der Waals surface area contributed by atoms with E-state index in [4.69, 9.17) is 4.74 Å². The van der Waals surface area contributed by atoms with E-state index in [1.54, 1.807) is 45.9 Å². The third kappa shape index (κ3) is 5.18. The van der Waals surface area contributed by atoms with E-state index >= 15 is 0 Å². The molecule has 8 heteroatoms. The van der Waals surface area contributed by atoms with Crippen molar-refractivity contribution in [3.05, 3.63) is 65.2 Å². The molecule has 2 atom stereocenters. The summed E-state index contributed by atoms with van der Waals surface area (Å²) in [5.74, 6) is -0.408. The number of ether oxygens (including phenoxy) is 1. The van der Waals surface area contributed by atoms with Crippen LogP contribution in [-0.2, 0) is 22.1 Å². The second-order valence-electron chi connectivity index (χ2n) is 8.54. The molecule has 1 aliphatic rings. The quantitative estimate of drug-likeness (QED) is 0.718. The highest BCUT2D eigenvalue weighted by atomic mass is 19.4. The number of halogens is 3. The summed E-state index contributed by atoms with van der Waals surface area (Å²) >= 11 is 0. The zero-order chi connectivity index (χ0) is 23.0. The first-order valence-corrected chi connectivity index (χ1v) is 9.94. The van der Waals surface area contributed by atoms with Crippen LogP contribution in [0.4, 0.5) is 23.7 Å². The molecule has 166 valence electrons. The van der Waals surface area contributed by atoms with E-state index in [1.165, 1.54) is 11.0 Å². The summed E-state index contributed by atoms with van der Waals surface area (Å²) in [5, 5.41) is 2.61. The highest BCUT2D eigenvalue weighted by Gasteiger charge is 2.38. The molecule has 0 radical (unpaired) electrons. The smallest absolute Gasteiger partial charge is 0.416 e. The van der Waals surface area contributed by atoms with Gasteiger partial charge in [-0.2, -0.15) is 13.2 Å². The minimum atomic E-state index is -4.49. The molecule has 0 saturated heterocycles. The molecule has 0 bridgehead atoms. The van der Waals surface area contributed by atoms with Gasteiger partial charge in [0.25, 0.3) is 5.91 Å². The number of nitrogens with zero attached hydrogens (tertiary/aromatic N) is 1. The first kappa shape index (κ1) is 22.7. The number of carbonyl (C=O) groups excluding carboxylic acids is 2. The van der Waals surface area contributed by atoms with Crippen LogP contribution in [0.15, 0.2) is 48.5 Å². The Hall–Kier alpha value is -3.03. The van der Waals surface area contributed by atoms with Crippen LogP contribution in [0.1, 0.15) is 50.4 Å². The Balaban J connectivity index is 1.94. The molecule has 1 aliphatic heterocycles. The van der Waals surface area contributed by atoms with Crippen molar-refractivity contribution in [3.8, 4) is 0 Å². The molecule has 0 fully saturated rings. The number of alkyl halides is 3. The van der Waals surface area contributed by atoms with Crippen molar-refractivity contribution < 1.29 is 27.5 Å². The maximum absolute atomic E-state index is 13.3. The predicted molar refractivity (Wildman–Crippen MR) is 111 cm³/mol. The lowest BCUT2D eigenvalue weighted by Gasteiger charge is -2.38. The van der Waals surface area contributed by atoms with Crippen molar-refractivity contribution in [2.75, 3.05) is 4.90 Å². The summed E-state index contributed by atoms with van der Waals surface area (Å²) in [6.07, 6.45) is -4.95. The number of hydrogen-bond donors (Lipinski definition) is 1. The van der Waals surface area contributed by atoms with Crippen LogP contribution in [-0.4, -0.2) is 23.6 Å². The summed E-state index contributed by atoms with van der Waals surface area (Å²) in [4.78, 5) is 27.0. The van der Waals surface area contributed by atoms with Crippen LogP contribution in [0, 0.1) is 0 Å². The summed E-state index contributed by atoms with van der Waals surface area (Å²) in [6.45, 7) is 6.81. The molecule has 0 aliphatic carbocycles. The molecule has 0 aromatic heterocycles. The number of anilines is 1. The fraction of sp³-hybridized carbons (Fsp3) is 0.391. The number of para-hydroxylation sites is 1. The second-order valence-corrected chi connectivity index (χ2v) is 8.54. The van der Waals surface area contributed by atoms with Gasteiger partial charge >= 0.3 is 12.3 Å². The van der Waals surface area contributed by atoms with Gasteiger partial charge in [-0.25, -0.2) is 4.79 Å². The van der Waals surface area contributed by atoms with Crippen LogP contribution in [0.3, 0.4) is 0 Å². The molecule has 2 amide bonds. The van der Waals surface area contributed by atoms with Gasteiger partial charge < -0.3 is 15.0 Å². The lowest BCUT2D eigenvalue weighted by Crippen LogP contribution is -2.54. The van der Waals surface area contributed by atoms with Crippen molar-refractivity contribution >= 4 is 17.7 Å². The summed E-state index contributed by atoms with van der Waals surface area (Å²) in [7, 11) is 0. The summed E-state index contributed by atoms with van der Waals surface area (Å²) in [5.41, 5.74) is 0.251. The van der Waals surface area contributed by atoms with Crippen molar-refractivity contribution in [1.29, 1.82) is 0 Å². The Labute approximate surface area is 179 Å². The van der Waals surface area contributed by atoms with E-state index in [-0.39, 0.29) is 6.42 Å². The molecule has 0 spiro atoms. The first-order valence-electron chi connectivity index (χ1n) is 9.94. The van der Waals surface area contributed by atoms with Gasteiger partial charge in [-0.1, -0.05) is 30.3 Å². The van der Waals surface area contributed by atoms with E-state index in [2.05, 4.69) is 5.32 Å². The number of alkyl carbamates (subject to hydrolysis) is 1. The van der Waals surface area contributed by atoms with Crippen LogP contribution < -0.4 is 10.2 Å². The highest BCUT2D eigenvalue weighted by molar-refractivity contribution is 6.02. The number of rotatable bonds is 3. The van der Waals surface area contributed by atoms with E-state index < -0.39 is 41.4 Å². The maximum atomic E-state index is 13.3. The number of carbonyl (C=O) groups is 2. The number of hydrogen-bond acceptors (Lipinski definition) is 3. The lowest BCUT2D eigenvalue weighted by molar-refractivity contribution is -0.137. The van der Waals surface area contributed by atoms with Crippen molar-refractivity contribution in [2.45, 2.75) is 58.0 Å². The second kappa shape index (κ2) is 8.24. The molecule has 5 nitrogen and oxygen atoms in total. The van der Waals surface area contributed by atoms with Gasteiger partial charge in [0.2, 0.25) is 0 Å². The zero-order valence-corrected chi connectivity index (χ0v) is 17.8. The summed E-state index contributed by atoms with van der Waals surface area (Å²) in [6, 6.07) is 10.5. The average Bonchev–Trinajstić information content (AvgIpc) is 2.66. The molecule has 0 saturated carbocycles. The molecule has 2 aromatic carbocycles. The molecule has 31 heavy (non-hydrogen) atoms. The van der Waals surface area contributed by atoms with Gasteiger partial charge in [0, 0.05) is 12.1 Å². The monoisotopic (exact) mass is 434 g/mol. The third-order valence-corrected chi connectivity index (χ3v) is 4.99. The molecule has 2 aromatic rings. The van der Waals surface area contributed by atoms with Gasteiger partial charge in [-0.05, 0) is 57.0 Å². The Morgan fingerprint density at radius 3 is 2.45 bits per heavy atom. The first-order chi connectivity index (χ1) is 14.4. The lowest BCUT2D eigenvalue weighted by atomic mass is 9.93. The van der Waals surface area contributed by atoms with Gasteiger partial charge in [0.05, 0.1) is 11.6 Å². The predicted octanol–water partition coefficient (Wildman–Crippen LogP) is 5.25. The maximum Gasteiger partial charge on any atom is 0.416 e. The van der Waals surface area contributed by atoms with Gasteiger partial charge in [0.15, 0.2) is 0 Å². The van der Waals surface area contributed by atoms with Crippen molar-refractivity contribution in [3.63, 3.8) is 0 Å². The Morgan fingerprint density at radius 1 is 1.13 bits per heavy atom. The Kier molecular flexibility index (Phi) is 6.02. The molecule has 1 heterocycles. The van der Waals surface area contributed by atoms with Crippen molar-refractivity contribution in [2.24, 2.45) is 0 Å². The van der Waals surface area contributed by atoms with Gasteiger partial charge in [-0.3, -0.25) is 4.79 Å². The Bertz CT molecular complexity index is 983. The fourth-order valence-corrected chi connectivity index (χ4v) is 3.60. The van der Waals surface area contributed by atoms with Crippen molar-refractivity contribution in [1.82, 2.24) is 5.32 Å². The normalized spacial score (nSPS) is 17.7. The number of nitrogens with one attached hydrogen (secondary N) is 1. The van der Waals surface area contributed by atoms with E-state index in [0.717, 1.165) is 17.7 Å². The van der Waals surface area contributed by atoms with Crippen LogP contribution in [0.2, 0.25) is 0 Å². The number of fused-ring (bicyclic) bond motifs is 1. The SMILES string of the molecule is C[C@@H](c1cccc(C(F)(F)F)c1)N1C(=O)[C@H](NC(=O)OC(C)(C)C)Cc2ccccc21. The summed E-state index contributed by atoms with van der Waals surface area (Å²) < 4.78 is 44.8. The standard InChI is InChI=1S/C23H25F3N2O3/c1-14(15-9-7-10-17(12-15)23(24,25)26)28-19-11-6-5-8-16(19)13-18(20(28)29)27-21(30)31-22(2,3)4/h5-12,14,18H,13H2,1-4H3,(H,27,30)/t14-,18+/m0/s1. The van der Waals surface area contributed by atoms with Gasteiger partial charge in [-0.15, -0.1) is 0 Å².